The quantitative estimate of drug-likeness (QED) is 0.828. The number of piperidine rings is 1. The molecule has 6 nitrogen and oxygen atoms in total. The number of rotatable bonds is 5. The summed E-state index contributed by atoms with van der Waals surface area (Å²) in [5, 5.41) is 3.74. The minimum absolute atomic E-state index is 0.192. The number of aromatic nitrogens is 2. The predicted octanol–water partition coefficient (Wildman–Crippen LogP) is 0.562. The van der Waals surface area contributed by atoms with Crippen molar-refractivity contribution in [3.63, 3.8) is 0 Å². The Bertz CT molecular complexity index is 502. The van der Waals surface area contributed by atoms with Crippen LogP contribution in [-0.4, -0.2) is 48.4 Å². The molecule has 7 heteroatoms. The zero-order valence-corrected chi connectivity index (χ0v) is 11.7. The van der Waals surface area contributed by atoms with Crippen LogP contribution < -0.4 is 5.32 Å². The topological polar surface area (TPSA) is 78.1 Å². The maximum atomic E-state index is 12.3. The Morgan fingerprint density at radius 1 is 1.32 bits per heavy atom. The summed E-state index contributed by atoms with van der Waals surface area (Å²) in [5.74, 6) is 0.867. The molecule has 0 unspecified atom stereocenters. The molecule has 0 spiro atoms. The minimum Gasteiger partial charge on any atom is -0.335 e. The van der Waals surface area contributed by atoms with Crippen molar-refractivity contribution in [1.82, 2.24) is 19.6 Å². The number of aromatic amines is 1. The fourth-order valence-corrected chi connectivity index (χ4v) is 3.84. The number of nitrogens with one attached hydrogen (secondary N) is 2. The first-order valence-corrected chi connectivity index (χ1v) is 8.32. The third-order valence-electron chi connectivity index (χ3n) is 3.94. The van der Waals surface area contributed by atoms with Crippen molar-refractivity contribution in [2.75, 3.05) is 19.6 Å². The van der Waals surface area contributed by atoms with Crippen molar-refractivity contribution >= 4 is 10.0 Å². The predicted molar refractivity (Wildman–Crippen MR) is 71.1 cm³/mol. The van der Waals surface area contributed by atoms with E-state index in [2.05, 4.69) is 15.3 Å². The van der Waals surface area contributed by atoms with Crippen LogP contribution in [0.2, 0.25) is 0 Å². The lowest BCUT2D eigenvalue weighted by Gasteiger charge is -2.31. The van der Waals surface area contributed by atoms with Gasteiger partial charge in [-0.1, -0.05) is 0 Å². The number of imidazole rings is 1. The Kier molecular flexibility index (Phi) is 3.60. The molecule has 1 saturated heterocycles. The van der Waals surface area contributed by atoms with E-state index in [0.29, 0.717) is 19.1 Å². The Balaban J connectivity index is 1.54. The van der Waals surface area contributed by atoms with Gasteiger partial charge in [0, 0.05) is 19.1 Å². The highest BCUT2D eigenvalue weighted by Crippen LogP contribution is 2.28. The van der Waals surface area contributed by atoms with Crippen molar-refractivity contribution in [3.8, 4) is 0 Å². The van der Waals surface area contributed by atoms with E-state index in [-0.39, 0.29) is 5.03 Å². The van der Waals surface area contributed by atoms with Crippen LogP contribution >= 0.6 is 0 Å². The van der Waals surface area contributed by atoms with Crippen LogP contribution in [0.1, 0.15) is 25.7 Å². The van der Waals surface area contributed by atoms with E-state index in [1.165, 1.54) is 25.4 Å². The number of nitrogens with zero attached hydrogens (tertiary/aromatic N) is 2. The van der Waals surface area contributed by atoms with Gasteiger partial charge < -0.3 is 10.3 Å². The van der Waals surface area contributed by atoms with E-state index >= 15 is 0 Å². The summed E-state index contributed by atoms with van der Waals surface area (Å²) >= 11 is 0. The van der Waals surface area contributed by atoms with Crippen LogP contribution in [-0.2, 0) is 10.0 Å². The fraction of sp³-hybridized carbons (Fsp3) is 0.750. The van der Waals surface area contributed by atoms with Gasteiger partial charge in [0.15, 0.2) is 5.03 Å². The van der Waals surface area contributed by atoms with Crippen LogP contribution in [0.15, 0.2) is 17.6 Å². The number of hydrogen-bond donors (Lipinski definition) is 2. The van der Waals surface area contributed by atoms with Crippen molar-refractivity contribution in [3.05, 3.63) is 12.5 Å². The number of sulfonamides is 1. The van der Waals surface area contributed by atoms with Gasteiger partial charge in [0.1, 0.15) is 0 Å². The molecule has 3 rings (SSSR count). The molecule has 2 N–H and O–H groups in total. The third kappa shape index (κ3) is 2.98. The van der Waals surface area contributed by atoms with Gasteiger partial charge in [-0.3, -0.25) is 0 Å². The maximum Gasteiger partial charge on any atom is 0.260 e. The molecule has 2 fully saturated rings. The SMILES string of the molecule is O=S(=O)(c1cnc[nH]1)N1CCC(NCC2CC2)CC1. The van der Waals surface area contributed by atoms with Gasteiger partial charge in [0.05, 0.1) is 12.5 Å². The van der Waals surface area contributed by atoms with Gasteiger partial charge in [-0.15, -0.1) is 0 Å². The average molecular weight is 284 g/mol. The molecule has 1 saturated carbocycles. The van der Waals surface area contributed by atoms with Gasteiger partial charge in [0.25, 0.3) is 10.0 Å². The highest BCUT2D eigenvalue weighted by atomic mass is 32.2. The first-order chi connectivity index (χ1) is 9.16. The third-order valence-corrected chi connectivity index (χ3v) is 5.76. The zero-order chi connectivity index (χ0) is 13.3. The van der Waals surface area contributed by atoms with E-state index in [4.69, 9.17) is 0 Å². The molecule has 1 aliphatic heterocycles. The molecule has 2 aliphatic rings. The molecule has 106 valence electrons. The minimum atomic E-state index is -3.37. The lowest BCUT2D eigenvalue weighted by Crippen LogP contribution is -2.45. The van der Waals surface area contributed by atoms with E-state index in [9.17, 15) is 8.42 Å². The lowest BCUT2D eigenvalue weighted by atomic mass is 10.1. The smallest absolute Gasteiger partial charge is 0.260 e. The van der Waals surface area contributed by atoms with Gasteiger partial charge >= 0.3 is 0 Å². The second-order valence-corrected chi connectivity index (χ2v) is 7.35. The van der Waals surface area contributed by atoms with E-state index in [0.717, 1.165) is 25.3 Å². The molecule has 0 radical (unpaired) electrons. The van der Waals surface area contributed by atoms with Crippen LogP contribution in [0.3, 0.4) is 0 Å². The van der Waals surface area contributed by atoms with Gasteiger partial charge in [-0.25, -0.2) is 13.4 Å². The van der Waals surface area contributed by atoms with Crippen molar-refractivity contribution in [2.24, 2.45) is 5.92 Å². The van der Waals surface area contributed by atoms with Crippen molar-refractivity contribution in [1.29, 1.82) is 0 Å². The molecule has 1 aromatic rings. The van der Waals surface area contributed by atoms with Crippen LogP contribution in [0.4, 0.5) is 0 Å². The summed E-state index contributed by atoms with van der Waals surface area (Å²) in [5.41, 5.74) is 0. The Morgan fingerprint density at radius 2 is 2.05 bits per heavy atom. The highest BCUT2D eigenvalue weighted by molar-refractivity contribution is 7.89. The Hall–Kier alpha value is -0.920. The molecule has 1 aliphatic carbocycles. The summed E-state index contributed by atoms with van der Waals surface area (Å²) in [4.78, 5) is 6.46. The molecule has 19 heavy (non-hydrogen) atoms. The number of H-pyrrole nitrogens is 1. The van der Waals surface area contributed by atoms with Crippen LogP contribution in [0.5, 0.6) is 0 Å². The summed E-state index contributed by atoms with van der Waals surface area (Å²) in [6.45, 7) is 2.27. The van der Waals surface area contributed by atoms with Crippen LogP contribution in [0, 0.1) is 5.92 Å². The van der Waals surface area contributed by atoms with Crippen molar-refractivity contribution < 1.29 is 8.42 Å². The Morgan fingerprint density at radius 3 is 2.63 bits per heavy atom. The molecule has 0 bridgehead atoms. The molecule has 0 aromatic carbocycles. The summed E-state index contributed by atoms with van der Waals surface area (Å²) < 4.78 is 26.1. The highest BCUT2D eigenvalue weighted by Gasteiger charge is 2.31. The monoisotopic (exact) mass is 284 g/mol. The summed E-state index contributed by atoms with van der Waals surface area (Å²) in [7, 11) is -3.37. The molecular formula is C12H20N4O2S. The molecular weight excluding hydrogens is 264 g/mol. The Labute approximate surface area is 113 Å². The van der Waals surface area contributed by atoms with E-state index < -0.39 is 10.0 Å². The van der Waals surface area contributed by atoms with E-state index in [1.54, 1.807) is 4.31 Å². The summed E-state index contributed by atoms with van der Waals surface area (Å²) in [6.07, 6.45) is 7.24. The zero-order valence-electron chi connectivity index (χ0n) is 10.9. The molecule has 0 amide bonds. The first-order valence-electron chi connectivity index (χ1n) is 6.88. The normalized spacial score (nSPS) is 22.7. The van der Waals surface area contributed by atoms with Gasteiger partial charge in [-0.05, 0) is 38.1 Å². The number of hydrogen-bond acceptors (Lipinski definition) is 4. The maximum absolute atomic E-state index is 12.3. The standard InChI is InChI=1S/C12H20N4O2S/c17-19(18,12-8-13-9-15-12)16-5-3-11(4-6-16)14-7-10-1-2-10/h8-11,14H,1-7H2,(H,13,15). The van der Waals surface area contributed by atoms with Crippen LogP contribution in [0.25, 0.3) is 0 Å². The molecule has 1 aromatic heterocycles. The van der Waals surface area contributed by atoms with Crippen molar-refractivity contribution in [2.45, 2.75) is 36.8 Å². The van der Waals surface area contributed by atoms with Gasteiger partial charge in [-0.2, -0.15) is 4.31 Å². The second kappa shape index (κ2) is 5.22. The fourth-order valence-electron chi connectivity index (χ4n) is 2.48. The first kappa shape index (κ1) is 13.1. The molecule has 0 atom stereocenters. The lowest BCUT2D eigenvalue weighted by molar-refractivity contribution is 0.287. The molecule has 2 heterocycles. The largest absolute Gasteiger partial charge is 0.335 e. The second-order valence-electron chi connectivity index (χ2n) is 5.45. The van der Waals surface area contributed by atoms with E-state index in [1.807, 2.05) is 0 Å². The average Bonchev–Trinajstić information content (AvgIpc) is 3.07. The van der Waals surface area contributed by atoms with Gasteiger partial charge in [0.2, 0.25) is 0 Å². The summed E-state index contributed by atoms with van der Waals surface area (Å²) in [6, 6.07) is 0.466.